The summed E-state index contributed by atoms with van der Waals surface area (Å²) in [4.78, 5) is 14.4. The van der Waals surface area contributed by atoms with Crippen molar-refractivity contribution < 1.29 is 14.3 Å². The summed E-state index contributed by atoms with van der Waals surface area (Å²) >= 11 is 6.00. The van der Waals surface area contributed by atoms with E-state index in [1.165, 1.54) is 12.1 Å². The SMILES string of the molecule is N[C@@]1(C(=O)O)CCc2[nH]c3c(Cl)cc(F)cc3c2C1. The van der Waals surface area contributed by atoms with E-state index in [1.807, 2.05) is 0 Å². The van der Waals surface area contributed by atoms with E-state index in [0.717, 1.165) is 11.3 Å². The van der Waals surface area contributed by atoms with Crippen LogP contribution in [0, 0.1) is 5.82 Å². The highest BCUT2D eigenvalue weighted by Crippen LogP contribution is 2.36. The Morgan fingerprint density at radius 3 is 2.95 bits per heavy atom. The first kappa shape index (κ1) is 12.4. The van der Waals surface area contributed by atoms with Gasteiger partial charge in [0.25, 0.3) is 0 Å². The maximum absolute atomic E-state index is 13.5. The Labute approximate surface area is 113 Å². The van der Waals surface area contributed by atoms with Gasteiger partial charge in [0, 0.05) is 17.5 Å². The lowest BCUT2D eigenvalue weighted by atomic mass is 9.80. The van der Waals surface area contributed by atoms with Crippen LogP contribution in [-0.2, 0) is 17.6 Å². The molecule has 1 aromatic carbocycles. The fraction of sp³-hybridized carbons (Fsp3) is 0.308. The van der Waals surface area contributed by atoms with Crippen molar-refractivity contribution in [1.82, 2.24) is 4.98 Å². The average Bonchev–Trinajstić information content (AvgIpc) is 2.67. The van der Waals surface area contributed by atoms with Crippen LogP contribution in [0.15, 0.2) is 12.1 Å². The number of nitrogens with one attached hydrogen (secondary N) is 1. The van der Waals surface area contributed by atoms with Gasteiger partial charge in [0.15, 0.2) is 0 Å². The van der Waals surface area contributed by atoms with Crippen molar-refractivity contribution in [2.75, 3.05) is 0 Å². The van der Waals surface area contributed by atoms with Gasteiger partial charge in [0.1, 0.15) is 11.4 Å². The number of benzene rings is 1. The Balaban J connectivity index is 2.21. The minimum Gasteiger partial charge on any atom is -0.480 e. The standard InChI is InChI=1S/C13H12ClFN2O2/c14-9-4-6(15)3-7-8-5-13(16,12(18)19)2-1-10(8)17-11(7)9/h3-4,17H,1-2,5,16H2,(H,18,19)/t13-/m0/s1. The predicted molar refractivity (Wildman–Crippen MR) is 69.8 cm³/mol. The first-order valence-electron chi connectivity index (χ1n) is 5.91. The number of carbonyl (C=O) groups is 1. The van der Waals surface area contributed by atoms with Crippen LogP contribution >= 0.6 is 11.6 Å². The van der Waals surface area contributed by atoms with Gasteiger partial charge in [0.2, 0.25) is 0 Å². The lowest BCUT2D eigenvalue weighted by Gasteiger charge is -2.29. The highest BCUT2D eigenvalue weighted by molar-refractivity contribution is 6.35. The molecule has 0 radical (unpaired) electrons. The summed E-state index contributed by atoms with van der Waals surface area (Å²) in [6.07, 6.45) is 1.05. The number of aromatic nitrogens is 1. The highest BCUT2D eigenvalue weighted by atomic mass is 35.5. The molecule has 0 saturated carbocycles. The predicted octanol–water partition coefficient (Wildman–Crippen LogP) is 2.23. The number of aliphatic carboxylic acids is 1. The summed E-state index contributed by atoms with van der Waals surface area (Å²) in [5.41, 5.74) is 6.90. The van der Waals surface area contributed by atoms with Crippen molar-refractivity contribution in [2.45, 2.75) is 24.8 Å². The molecule has 4 nitrogen and oxygen atoms in total. The van der Waals surface area contributed by atoms with Crippen molar-refractivity contribution in [1.29, 1.82) is 0 Å². The monoisotopic (exact) mass is 282 g/mol. The largest absolute Gasteiger partial charge is 0.480 e. The molecule has 0 saturated heterocycles. The molecule has 0 amide bonds. The molecule has 100 valence electrons. The number of hydrogen-bond donors (Lipinski definition) is 3. The molecule has 1 aliphatic carbocycles. The molecule has 3 rings (SSSR count). The third-order valence-corrected chi connectivity index (χ3v) is 4.06. The molecule has 0 aliphatic heterocycles. The van der Waals surface area contributed by atoms with Crippen LogP contribution in [0.5, 0.6) is 0 Å². The number of H-pyrrole nitrogens is 1. The number of halogens is 2. The first-order valence-corrected chi connectivity index (χ1v) is 6.29. The van der Waals surface area contributed by atoms with Crippen LogP contribution in [0.4, 0.5) is 4.39 Å². The van der Waals surface area contributed by atoms with Crippen LogP contribution in [-0.4, -0.2) is 21.6 Å². The zero-order valence-electron chi connectivity index (χ0n) is 9.96. The molecular weight excluding hydrogens is 271 g/mol. The number of carboxylic acid groups (broad SMARTS) is 1. The number of aryl methyl sites for hydroxylation is 1. The molecule has 1 aromatic heterocycles. The van der Waals surface area contributed by atoms with Crippen molar-refractivity contribution in [2.24, 2.45) is 5.73 Å². The second-order valence-corrected chi connectivity index (χ2v) is 5.44. The molecule has 1 atom stereocenters. The van der Waals surface area contributed by atoms with Gasteiger partial charge in [-0.15, -0.1) is 0 Å². The van der Waals surface area contributed by atoms with E-state index in [0.29, 0.717) is 28.8 Å². The van der Waals surface area contributed by atoms with E-state index in [4.69, 9.17) is 17.3 Å². The van der Waals surface area contributed by atoms with Gasteiger partial charge in [-0.25, -0.2) is 4.39 Å². The van der Waals surface area contributed by atoms with Gasteiger partial charge in [0.05, 0.1) is 10.5 Å². The third-order valence-electron chi connectivity index (χ3n) is 3.76. The summed E-state index contributed by atoms with van der Waals surface area (Å²) < 4.78 is 13.5. The number of aromatic amines is 1. The molecular formula is C13H12ClFN2O2. The van der Waals surface area contributed by atoms with Crippen LogP contribution in [0.2, 0.25) is 5.02 Å². The summed E-state index contributed by atoms with van der Waals surface area (Å²) in [6, 6.07) is 2.60. The molecule has 19 heavy (non-hydrogen) atoms. The number of nitrogens with two attached hydrogens (primary N) is 1. The van der Waals surface area contributed by atoms with Crippen LogP contribution in [0.1, 0.15) is 17.7 Å². The molecule has 6 heteroatoms. The molecule has 0 unspecified atom stereocenters. The van der Waals surface area contributed by atoms with Crippen molar-refractivity contribution >= 4 is 28.5 Å². The molecule has 0 spiro atoms. The van der Waals surface area contributed by atoms with E-state index in [-0.39, 0.29) is 6.42 Å². The van der Waals surface area contributed by atoms with Crippen LogP contribution < -0.4 is 5.73 Å². The maximum atomic E-state index is 13.5. The second kappa shape index (κ2) is 3.95. The van der Waals surface area contributed by atoms with Crippen LogP contribution in [0.3, 0.4) is 0 Å². The van der Waals surface area contributed by atoms with Gasteiger partial charge < -0.3 is 15.8 Å². The van der Waals surface area contributed by atoms with Crippen molar-refractivity contribution in [3.05, 3.63) is 34.2 Å². The summed E-state index contributed by atoms with van der Waals surface area (Å²) in [6.45, 7) is 0. The summed E-state index contributed by atoms with van der Waals surface area (Å²) in [7, 11) is 0. The van der Waals surface area contributed by atoms with Crippen molar-refractivity contribution in [3.8, 4) is 0 Å². The fourth-order valence-electron chi connectivity index (χ4n) is 2.68. The Kier molecular flexibility index (Phi) is 2.59. The number of carboxylic acids is 1. The smallest absolute Gasteiger partial charge is 0.324 e. The topological polar surface area (TPSA) is 79.1 Å². The average molecular weight is 283 g/mol. The Hall–Kier alpha value is -1.59. The molecule has 0 bridgehead atoms. The van der Waals surface area contributed by atoms with Crippen LogP contribution in [0.25, 0.3) is 10.9 Å². The zero-order chi connectivity index (χ0) is 13.8. The van der Waals surface area contributed by atoms with Gasteiger partial charge >= 0.3 is 5.97 Å². The Morgan fingerprint density at radius 1 is 1.53 bits per heavy atom. The lowest BCUT2D eigenvalue weighted by Crippen LogP contribution is -2.52. The fourth-order valence-corrected chi connectivity index (χ4v) is 2.93. The molecule has 4 N–H and O–H groups in total. The number of hydrogen-bond acceptors (Lipinski definition) is 2. The highest BCUT2D eigenvalue weighted by Gasteiger charge is 2.39. The quantitative estimate of drug-likeness (QED) is 0.750. The van der Waals surface area contributed by atoms with Crippen molar-refractivity contribution in [3.63, 3.8) is 0 Å². The van der Waals surface area contributed by atoms with E-state index < -0.39 is 17.3 Å². The van der Waals surface area contributed by atoms with Gasteiger partial charge in [-0.2, -0.15) is 0 Å². The zero-order valence-corrected chi connectivity index (χ0v) is 10.7. The van der Waals surface area contributed by atoms with E-state index in [2.05, 4.69) is 4.98 Å². The molecule has 0 fully saturated rings. The van der Waals surface area contributed by atoms with Gasteiger partial charge in [-0.1, -0.05) is 11.6 Å². The summed E-state index contributed by atoms with van der Waals surface area (Å²) in [5, 5.41) is 10.1. The Morgan fingerprint density at radius 2 is 2.26 bits per heavy atom. The Bertz CT molecular complexity index is 697. The van der Waals surface area contributed by atoms with E-state index in [9.17, 15) is 14.3 Å². The molecule has 1 aliphatic rings. The van der Waals surface area contributed by atoms with Gasteiger partial charge in [-0.3, -0.25) is 4.79 Å². The van der Waals surface area contributed by atoms with E-state index >= 15 is 0 Å². The second-order valence-electron chi connectivity index (χ2n) is 5.03. The van der Waals surface area contributed by atoms with E-state index in [1.54, 1.807) is 0 Å². The normalized spacial score (nSPS) is 22.5. The number of fused-ring (bicyclic) bond motifs is 3. The summed E-state index contributed by atoms with van der Waals surface area (Å²) in [5.74, 6) is -1.47. The molecule has 1 heterocycles. The minimum absolute atomic E-state index is 0.178. The molecule has 2 aromatic rings. The maximum Gasteiger partial charge on any atom is 0.324 e. The first-order chi connectivity index (χ1) is 8.90. The van der Waals surface area contributed by atoms with Gasteiger partial charge in [-0.05, 0) is 30.5 Å². The third kappa shape index (κ3) is 1.81. The number of rotatable bonds is 1. The lowest BCUT2D eigenvalue weighted by molar-refractivity contribution is -0.143. The minimum atomic E-state index is -1.29.